The first-order valence-electron chi connectivity index (χ1n) is 6.53. The maximum atomic E-state index is 5.75. The number of hydrogen-bond donors (Lipinski definition) is 2. The van der Waals surface area contributed by atoms with Gasteiger partial charge in [0.2, 0.25) is 0 Å². The Bertz CT molecular complexity index is 509. The van der Waals surface area contributed by atoms with Gasteiger partial charge in [0, 0.05) is 12.1 Å². The highest BCUT2D eigenvalue weighted by Gasteiger charge is 2.13. The normalized spacial score (nSPS) is 11.2. The number of nitrogens with one attached hydrogen (secondary N) is 1. The molecule has 0 saturated carbocycles. The van der Waals surface area contributed by atoms with E-state index >= 15 is 0 Å². The summed E-state index contributed by atoms with van der Waals surface area (Å²) in [5.74, 6) is 1.31. The molecule has 3 N–H and O–H groups in total. The number of aryl methyl sites for hydroxylation is 1. The number of hydrogen-bond acceptors (Lipinski definition) is 2. The van der Waals surface area contributed by atoms with Crippen LogP contribution in [0.4, 0.5) is 0 Å². The fraction of sp³-hybridized carbons (Fsp3) is 0.400. The molecular formula is C15H21N3. The van der Waals surface area contributed by atoms with Gasteiger partial charge in [-0.15, -0.1) is 0 Å². The maximum absolute atomic E-state index is 5.75. The Morgan fingerprint density at radius 1 is 1.22 bits per heavy atom. The third-order valence-electron chi connectivity index (χ3n) is 3.20. The third kappa shape index (κ3) is 2.46. The predicted octanol–water partition coefficient (Wildman–Crippen LogP) is 3.22. The highest BCUT2D eigenvalue weighted by Crippen LogP contribution is 2.23. The molecule has 0 fully saturated rings. The van der Waals surface area contributed by atoms with Gasteiger partial charge in [0.05, 0.1) is 11.4 Å². The second-order valence-corrected chi connectivity index (χ2v) is 4.86. The van der Waals surface area contributed by atoms with Crippen LogP contribution in [0.3, 0.4) is 0 Å². The summed E-state index contributed by atoms with van der Waals surface area (Å²) in [7, 11) is 0. The number of imidazole rings is 1. The molecule has 0 unspecified atom stereocenters. The quantitative estimate of drug-likeness (QED) is 0.866. The molecule has 1 aromatic carbocycles. The highest BCUT2D eigenvalue weighted by atomic mass is 15.0. The summed E-state index contributed by atoms with van der Waals surface area (Å²) in [5.41, 5.74) is 10.3. The lowest BCUT2D eigenvalue weighted by atomic mass is 10.1. The minimum absolute atomic E-state index is 0.392. The first-order valence-corrected chi connectivity index (χ1v) is 6.53. The van der Waals surface area contributed by atoms with Crippen LogP contribution in [0, 0.1) is 0 Å². The Balaban J connectivity index is 2.37. The lowest BCUT2D eigenvalue weighted by Crippen LogP contribution is -2.02. The lowest BCUT2D eigenvalue weighted by molar-refractivity contribution is 0.806. The first-order chi connectivity index (χ1) is 8.65. The number of benzene rings is 1. The van der Waals surface area contributed by atoms with Crippen LogP contribution in [-0.2, 0) is 13.0 Å². The van der Waals surface area contributed by atoms with Crippen LogP contribution in [-0.4, -0.2) is 9.97 Å². The van der Waals surface area contributed by atoms with Crippen molar-refractivity contribution in [2.24, 2.45) is 5.73 Å². The van der Waals surface area contributed by atoms with Gasteiger partial charge < -0.3 is 10.7 Å². The minimum Gasteiger partial charge on any atom is -0.341 e. The van der Waals surface area contributed by atoms with Gasteiger partial charge in [0.15, 0.2) is 0 Å². The summed E-state index contributed by atoms with van der Waals surface area (Å²) in [4.78, 5) is 8.00. The zero-order valence-electron chi connectivity index (χ0n) is 11.3. The second kappa shape index (κ2) is 5.36. The van der Waals surface area contributed by atoms with Crippen LogP contribution in [0.15, 0.2) is 24.3 Å². The van der Waals surface area contributed by atoms with Crippen LogP contribution in [0.2, 0.25) is 0 Å². The molecular weight excluding hydrogens is 222 g/mol. The van der Waals surface area contributed by atoms with E-state index in [2.05, 4.69) is 55.0 Å². The van der Waals surface area contributed by atoms with Crippen molar-refractivity contribution in [1.82, 2.24) is 9.97 Å². The van der Waals surface area contributed by atoms with Gasteiger partial charge in [-0.2, -0.15) is 0 Å². The molecule has 0 bridgehead atoms. The zero-order valence-corrected chi connectivity index (χ0v) is 11.3. The summed E-state index contributed by atoms with van der Waals surface area (Å²) in [6.45, 7) is 6.94. The second-order valence-electron chi connectivity index (χ2n) is 4.86. The van der Waals surface area contributed by atoms with Crippen LogP contribution in [0.25, 0.3) is 11.4 Å². The van der Waals surface area contributed by atoms with E-state index in [1.807, 2.05) is 0 Å². The molecule has 0 spiro atoms. The molecule has 1 heterocycles. The van der Waals surface area contributed by atoms with E-state index in [1.165, 1.54) is 5.56 Å². The van der Waals surface area contributed by atoms with Crippen LogP contribution in [0.1, 0.15) is 43.6 Å². The fourth-order valence-electron chi connectivity index (χ4n) is 2.09. The van der Waals surface area contributed by atoms with Crippen molar-refractivity contribution in [2.45, 2.75) is 39.7 Å². The molecule has 0 radical (unpaired) electrons. The molecule has 96 valence electrons. The van der Waals surface area contributed by atoms with Gasteiger partial charge in [-0.25, -0.2) is 4.98 Å². The minimum atomic E-state index is 0.392. The number of aromatic amines is 1. The number of H-pyrrole nitrogens is 1. The molecule has 18 heavy (non-hydrogen) atoms. The van der Waals surface area contributed by atoms with E-state index in [-0.39, 0.29) is 0 Å². The number of nitrogens with zero attached hydrogens (tertiary/aromatic N) is 1. The standard InChI is InChI=1S/C15H21N3/c1-4-11-5-7-12(8-6-11)15-17-13(9-16)14(18-15)10(2)3/h5-8,10H,4,9,16H2,1-3H3,(H,17,18). The largest absolute Gasteiger partial charge is 0.341 e. The van der Waals surface area contributed by atoms with Crippen molar-refractivity contribution in [3.05, 3.63) is 41.2 Å². The molecule has 0 atom stereocenters. The van der Waals surface area contributed by atoms with Crippen LogP contribution < -0.4 is 5.73 Å². The van der Waals surface area contributed by atoms with Gasteiger partial charge >= 0.3 is 0 Å². The molecule has 0 saturated heterocycles. The van der Waals surface area contributed by atoms with Crippen molar-refractivity contribution in [1.29, 1.82) is 0 Å². The topological polar surface area (TPSA) is 54.7 Å². The van der Waals surface area contributed by atoms with Crippen molar-refractivity contribution >= 4 is 0 Å². The van der Waals surface area contributed by atoms with E-state index in [0.29, 0.717) is 12.5 Å². The summed E-state index contributed by atoms with van der Waals surface area (Å²) in [5, 5.41) is 0. The summed E-state index contributed by atoms with van der Waals surface area (Å²) in [6.07, 6.45) is 1.06. The van der Waals surface area contributed by atoms with Gasteiger partial charge in [-0.05, 0) is 17.9 Å². The Morgan fingerprint density at radius 3 is 2.33 bits per heavy atom. The van der Waals surface area contributed by atoms with E-state index in [4.69, 9.17) is 5.73 Å². The summed E-state index contributed by atoms with van der Waals surface area (Å²) < 4.78 is 0. The molecule has 3 nitrogen and oxygen atoms in total. The lowest BCUT2D eigenvalue weighted by Gasteiger charge is -2.01. The molecule has 2 aromatic rings. The SMILES string of the molecule is CCc1ccc(-c2nc(C(C)C)c(CN)[nH]2)cc1. The van der Waals surface area contributed by atoms with E-state index < -0.39 is 0 Å². The van der Waals surface area contributed by atoms with Gasteiger partial charge in [0.1, 0.15) is 5.82 Å². The van der Waals surface area contributed by atoms with Gasteiger partial charge in [-0.3, -0.25) is 0 Å². The third-order valence-corrected chi connectivity index (χ3v) is 3.20. The Labute approximate surface area is 108 Å². The summed E-state index contributed by atoms with van der Waals surface area (Å²) in [6, 6.07) is 8.52. The van der Waals surface area contributed by atoms with Crippen molar-refractivity contribution in [3.63, 3.8) is 0 Å². The average molecular weight is 243 g/mol. The first kappa shape index (κ1) is 12.8. The van der Waals surface area contributed by atoms with Crippen molar-refractivity contribution in [3.8, 4) is 11.4 Å². The van der Waals surface area contributed by atoms with Crippen molar-refractivity contribution in [2.75, 3.05) is 0 Å². The molecule has 0 amide bonds. The Hall–Kier alpha value is -1.61. The molecule has 1 aromatic heterocycles. The molecule has 0 aliphatic carbocycles. The van der Waals surface area contributed by atoms with E-state index in [9.17, 15) is 0 Å². The monoisotopic (exact) mass is 243 g/mol. The van der Waals surface area contributed by atoms with Crippen LogP contribution in [0.5, 0.6) is 0 Å². The van der Waals surface area contributed by atoms with E-state index in [1.54, 1.807) is 0 Å². The van der Waals surface area contributed by atoms with Gasteiger partial charge in [-0.1, -0.05) is 45.0 Å². The van der Waals surface area contributed by atoms with Crippen molar-refractivity contribution < 1.29 is 0 Å². The highest BCUT2D eigenvalue weighted by molar-refractivity contribution is 5.56. The summed E-state index contributed by atoms with van der Waals surface area (Å²) >= 11 is 0. The average Bonchev–Trinajstić information content (AvgIpc) is 2.83. The molecule has 2 rings (SSSR count). The Kier molecular flexibility index (Phi) is 3.82. The number of nitrogens with two attached hydrogens (primary N) is 1. The zero-order chi connectivity index (χ0) is 13.1. The van der Waals surface area contributed by atoms with E-state index in [0.717, 1.165) is 29.2 Å². The predicted molar refractivity (Wildman–Crippen MR) is 75.4 cm³/mol. The smallest absolute Gasteiger partial charge is 0.137 e. The number of rotatable bonds is 4. The maximum Gasteiger partial charge on any atom is 0.137 e. The van der Waals surface area contributed by atoms with Crippen LogP contribution >= 0.6 is 0 Å². The molecule has 0 aliphatic heterocycles. The fourth-order valence-corrected chi connectivity index (χ4v) is 2.09. The number of aromatic nitrogens is 2. The Morgan fingerprint density at radius 2 is 1.89 bits per heavy atom. The van der Waals surface area contributed by atoms with Gasteiger partial charge in [0.25, 0.3) is 0 Å². The molecule has 0 aliphatic rings. The molecule has 3 heteroatoms.